The Kier molecular flexibility index (Phi) is 6.32. The lowest BCUT2D eigenvalue weighted by Crippen LogP contribution is -2.00. The molecule has 228 valence electrons. The van der Waals surface area contributed by atoms with Crippen molar-refractivity contribution < 1.29 is 0 Å². The molecule has 0 saturated carbocycles. The van der Waals surface area contributed by atoms with Crippen LogP contribution in [0.5, 0.6) is 0 Å². The van der Waals surface area contributed by atoms with Gasteiger partial charge in [0.1, 0.15) is 0 Å². The standard InChI is InChI=1S/C44H26N4S/c1-2-10-28(11-3-1)42-46-43(29-19-17-27(18-20-29)38-15-8-9-25-45-38)48-44(47-42)30-21-22-32-35-23-24-36-33-13-6-7-16-39(33)49-41(36)40(35)34-14-5-4-12-31(34)37(32)26-30/h1-26H. The molecular weight excluding hydrogens is 617 g/mol. The molecule has 0 bridgehead atoms. The smallest absolute Gasteiger partial charge is 0.164 e. The molecule has 7 aromatic carbocycles. The van der Waals surface area contributed by atoms with E-state index in [9.17, 15) is 0 Å². The summed E-state index contributed by atoms with van der Waals surface area (Å²) >= 11 is 1.88. The van der Waals surface area contributed by atoms with Gasteiger partial charge < -0.3 is 0 Å². The Morgan fingerprint density at radius 3 is 1.69 bits per heavy atom. The normalized spacial score (nSPS) is 11.7. The first-order valence-electron chi connectivity index (χ1n) is 16.3. The predicted octanol–water partition coefficient (Wildman–Crippen LogP) is 11.8. The Morgan fingerprint density at radius 2 is 0.918 bits per heavy atom. The van der Waals surface area contributed by atoms with Gasteiger partial charge in [0.2, 0.25) is 0 Å². The molecular formula is C44H26N4S. The zero-order chi connectivity index (χ0) is 32.3. The molecule has 3 aromatic heterocycles. The number of hydrogen-bond acceptors (Lipinski definition) is 5. The summed E-state index contributed by atoms with van der Waals surface area (Å²) in [6.07, 6.45) is 1.81. The fraction of sp³-hybridized carbons (Fsp3) is 0. The minimum absolute atomic E-state index is 0.632. The lowest BCUT2D eigenvalue weighted by atomic mass is 9.92. The van der Waals surface area contributed by atoms with Crippen LogP contribution in [-0.2, 0) is 0 Å². The van der Waals surface area contributed by atoms with Gasteiger partial charge in [0, 0.05) is 54.0 Å². The maximum atomic E-state index is 5.08. The van der Waals surface area contributed by atoms with E-state index in [-0.39, 0.29) is 0 Å². The number of hydrogen-bond donors (Lipinski definition) is 0. The van der Waals surface area contributed by atoms with Gasteiger partial charge in [-0.2, -0.15) is 0 Å². The summed E-state index contributed by atoms with van der Waals surface area (Å²) in [5, 5.41) is 10.1. The number of nitrogens with zero attached hydrogens (tertiary/aromatic N) is 4. The summed E-state index contributed by atoms with van der Waals surface area (Å²) in [4.78, 5) is 19.6. The van der Waals surface area contributed by atoms with Gasteiger partial charge in [-0.1, -0.05) is 127 Å². The van der Waals surface area contributed by atoms with Crippen LogP contribution in [0.1, 0.15) is 0 Å². The van der Waals surface area contributed by atoms with Gasteiger partial charge in [-0.05, 0) is 51.2 Å². The maximum Gasteiger partial charge on any atom is 0.164 e. The Labute approximate surface area is 286 Å². The van der Waals surface area contributed by atoms with Crippen LogP contribution >= 0.6 is 11.3 Å². The molecule has 4 nitrogen and oxygen atoms in total. The monoisotopic (exact) mass is 642 g/mol. The fourth-order valence-electron chi connectivity index (χ4n) is 7.03. The van der Waals surface area contributed by atoms with E-state index < -0.39 is 0 Å². The first-order valence-corrected chi connectivity index (χ1v) is 17.1. The second kappa shape index (κ2) is 11.2. The molecule has 0 aliphatic carbocycles. The van der Waals surface area contributed by atoms with Crippen molar-refractivity contribution in [3.63, 3.8) is 0 Å². The molecule has 49 heavy (non-hydrogen) atoms. The second-order valence-corrected chi connectivity index (χ2v) is 13.3. The molecule has 0 radical (unpaired) electrons. The van der Waals surface area contributed by atoms with Gasteiger partial charge >= 0.3 is 0 Å². The molecule has 0 N–H and O–H groups in total. The molecule has 0 aliphatic heterocycles. The second-order valence-electron chi connectivity index (χ2n) is 12.2. The quantitative estimate of drug-likeness (QED) is 0.179. The first-order chi connectivity index (χ1) is 24.3. The summed E-state index contributed by atoms with van der Waals surface area (Å²) in [5.41, 5.74) is 4.79. The van der Waals surface area contributed by atoms with Gasteiger partial charge in [0.15, 0.2) is 17.5 Å². The number of benzene rings is 7. The molecule has 3 heterocycles. The van der Waals surface area contributed by atoms with E-state index in [0.29, 0.717) is 17.5 Å². The van der Waals surface area contributed by atoms with Crippen LogP contribution < -0.4 is 0 Å². The minimum Gasteiger partial charge on any atom is -0.256 e. The Bertz CT molecular complexity index is 2840. The summed E-state index contributed by atoms with van der Waals surface area (Å²) in [6.45, 7) is 0. The molecule has 5 heteroatoms. The molecule has 0 saturated heterocycles. The molecule has 0 spiro atoms. The highest BCUT2D eigenvalue weighted by Crippen LogP contribution is 2.44. The highest BCUT2D eigenvalue weighted by atomic mass is 32.1. The lowest BCUT2D eigenvalue weighted by molar-refractivity contribution is 1.07. The number of aromatic nitrogens is 4. The lowest BCUT2D eigenvalue weighted by Gasteiger charge is -2.13. The Balaban J connectivity index is 1.18. The van der Waals surface area contributed by atoms with Crippen LogP contribution in [-0.4, -0.2) is 19.9 Å². The van der Waals surface area contributed by atoms with Gasteiger partial charge in [-0.25, -0.2) is 15.0 Å². The van der Waals surface area contributed by atoms with Gasteiger partial charge in [0.05, 0.1) is 5.69 Å². The predicted molar refractivity (Wildman–Crippen MR) is 205 cm³/mol. The summed E-state index contributed by atoms with van der Waals surface area (Å²) in [6, 6.07) is 53.1. The van der Waals surface area contributed by atoms with Crippen molar-refractivity contribution in [3.8, 4) is 45.4 Å². The maximum absolute atomic E-state index is 5.08. The van der Waals surface area contributed by atoms with Crippen LogP contribution in [0.25, 0.3) is 97.9 Å². The largest absolute Gasteiger partial charge is 0.256 e. The fourth-order valence-corrected chi connectivity index (χ4v) is 8.30. The number of thiophene rings is 1. The van der Waals surface area contributed by atoms with Crippen LogP contribution in [0, 0.1) is 0 Å². The highest BCUT2D eigenvalue weighted by Gasteiger charge is 2.17. The molecule has 0 unspecified atom stereocenters. The Hall–Kier alpha value is -6.30. The first kappa shape index (κ1) is 27.8. The molecule has 10 aromatic rings. The summed E-state index contributed by atoms with van der Waals surface area (Å²) < 4.78 is 2.65. The van der Waals surface area contributed by atoms with Crippen molar-refractivity contribution in [1.82, 2.24) is 19.9 Å². The zero-order valence-electron chi connectivity index (χ0n) is 26.2. The van der Waals surface area contributed by atoms with Crippen molar-refractivity contribution in [3.05, 3.63) is 158 Å². The van der Waals surface area contributed by atoms with E-state index in [1.807, 2.05) is 66.1 Å². The minimum atomic E-state index is 0.632. The average Bonchev–Trinajstić information content (AvgIpc) is 3.57. The summed E-state index contributed by atoms with van der Waals surface area (Å²) in [5.74, 6) is 1.92. The molecule has 0 fully saturated rings. The number of pyridine rings is 1. The van der Waals surface area contributed by atoms with E-state index >= 15 is 0 Å². The number of rotatable bonds is 4. The summed E-state index contributed by atoms with van der Waals surface area (Å²) in [7, 11) is 0. The average molecular weight is 643 g/mol. The van der Waals surface area contributed by atoms with E-state index in [1.165, 1.54) is 52.5 Å². The van der Waals surface area contributed by atoms with Crippen LogP contribution in [0.2, 0.25) is 0 Å². The van der Waals surface area contributed by atoms with E-state index in [2.05, 4.69) is 108 Å². The van der Waals surface area contributed by atoms with Crippen molar-refractivity contribution in [2.45, 2.75) is 0 Å². The van der Waals surface area contributed by atoms with Crippen molar-refractivity contribution in [1.29, 1.82) is 0 Å². The van der Waals surface area contributed by atoms with Crippen molar-refractivity contribution in [2.24, 2.45) is 0 Å². The molecule has 0 amide bonds. The van der Waals surface area contributed by atoms with E-state index in [0.717, 1.165) is 27.9 Å². The third kappa shape index (κ3) is 4.59. The van der Waals surface area contributed by atoms with Crippen molar-refractivity contribution in [2.75, 3.05) is 0 Å². The van der Waals surface area contributed by atoms with Gasteiger partial charge in [0.25, 0.3) is 0 Å². The molecule has 0 aliphatic rings. The third-order valence-electron chi connectivity index (χ3n) is 9.37. The molecule has 0 atom stereocenters. The number of fused-ring (bicyclic) bond motifs is 10. The third-order valence-corrected chi connectivity index (χ3v) is 10.6. The highest BCUT2D eigenvalue weighted by molar-refractivity contribution is 7.26. The molecule has 10 rings (SSSR count). The van der Waals surface area contributed by atoms with E-state index in [4.69, 9.17) is 15.0 Å². The van der Waals surface area contributed by atoms with Gasteiger partial charge in [-0.3, -0.25) is 4.98 Å². The Morgan fingerprint density at radius 1 is 0.367 bits per heavy atom. The van der Waals surface area contributed by atoms with E-state index in [1.54, 1.807) is 0 Å². The SMILES string of the molecule is c1ccc(-c2nc(-c3ccc(-c4ccccn4)cc3)nc(-c3ccc4c(c3)c3ccccc3c3c4ccc4c5ccccc5sc43)n2)cc1. The van der Waals surface area contributed by atoms with Gasteiger partial charge in [-0.15, -0.1) is 11.3 Å². The van der Waals surface area contributed by atoms with Crippen LogP contribution in [0.4, 0.5) is 0 Å². The topological polar surface area (TPSA) is 51.6 Å². The van der Waals surface area contributed by atoms with Crippen molar-refractivity contribution >= 4 is 63.8 Å². The zero-order valence-corrected chi connectivity index (χ0v) is 27.0. The van der Waals surface area contributed by atoms with Crippen LogP contribution in [0.3, 0.4) is 0 Å². The van der Waals surface area contributed by atoms with Crippen LogP contribution in [0.15, 0.2) is 158 Å².